The van der Waals surface area contributed by atoms with Crippen molar-refractivity contribution in [3.8, 4) is 18.1 Å². The van der Waals surface area contributed by atoms with Gasteiger partial charge in [0.2, 0.25) is 0 Å². The zero-order valence-electron chi connectivity index (χ0n) is 10.3. The molecule has 4 heteroatoms. The lowest BCUT2D eigenvalue weighted by atomic mass is 10.2. The quantitative estimate of drug-likeness (QED) is 0.550. The molecule has 0 heterocycles. The Hall–Kier alpha value is -1.73. The van der Waals surface area contributed by atoms with E-state index in [1.54, 1.807) is 6.07 Å². The van der Waals surface area contributed by atoms with Gasteiger partial charge in [0.1, 0.15) is 18.2 Å². The molecule has 0 aliphatic heterocycles. The Morgan fingerprint density at radius 2 is 2.17 bits per heavy atom. The molecule has 2 N–H and O–H groups in total. The number of aliphatic hydroxyl groups excluding tert-OH is 1. The average molecular weight is 251 g/mol. The van der Waals surface area contributed by atoms with Crippen molar-refractivity contribution in [3.63, 3.8) is 0 Å². The summed E-state index contributed by atoms with van der Waals surface area (Å²) in [5, 5.41) is 11.8. The van der Waals surface area contributed by atoms with Gasteiger partial charge in [0.15, 0.2) is 0 Å². The van der Waals surface area contributed by atoms with E-state index in [4.69, 9.17) is 16.3 Å². The van der Waals surface area contributed by atoms with Crippen molar-refractivity contribution in [2.75, 3.05) is 25.1 Å². The Kier molecular flexibility index (Phi) is 6.67. The minimum Gasteiger partial charge on any atom is -0.479 e. The van der Waals surface area contributed by atoms with Gasteiger partial charge in [0.05, 0.1) is 5.69 Å². The highest BCUT2D eigenvalue weighted by Crippen LogP contribution is 2.25. The van der Waals surface area contributed by atoms with E-state index < -0.39 is 0 Å². The van der Waals surface area contributed by atoms with Gasteiger partial charge in [-0.3, -0.25) is 0 Å². The first kappa shape index (κ1) is 14.3. The minimum atomic E-state index is -0.354. The predicted octanol–water partition coefficient (Wildman–Crippen LogP) is 2.41. The minimum absolute atomic E-state index is 0.114. The molecule has 0 spiro atoms. The number of anilines is 1. The van der Waals surface area contributed by atoms with Gasteiger partial charge < -0.3 is 15.2 Å². The molecule has 0 aliphatic rings. The first-order chi connectivity index (χ1) is 8.77. The third kappa shape index (κ3) is 5.07. The maximum atomic E-state index is 13.1. The second-order valence-corrected chi connectivity index (χ2v) is 3.84. The molecular formula is C14H18FNO2. The Morgan fingerprint density at radius 3 is 2.89 bits per heavy atom. The van der Waals surface area contributed by atoms with E-state index in [1.165, 1.54) is 12.1 Å². The lowest BCUT2D eigenvalue weighted by molar-refractivity contribution is 0.283. The fraction of sp³-hybridized carbons (Fsp3) is 0.429. The zero-order valence-corrected chi connectivity index (χ0v) is 10.3. The predicted molar refractivity (Wildman–Crippen MR) is 70.2 cm³/mol. The van der Waals surface area contributed by atoms with Crippen LogP contribution in [0.15, 0.2) is 18.2 Å². The van der Waals surface area contributed by atoms with Gasteiger partial charge in [-0.1, -0.05) is 5.92 Å². The number of nitrogens with one attached hydrogen (secondary N) is 1. The smallest absolute Gasteiger partial charge is 0.148 e. The van der Waals surface area contributed by atoms with Crippen molar-refractivity contribution in [2.45, 2.75) is 19.3 Å². The molecule has 3 nitrogen and oxygen atoms in total. The highest BCUT2D eigenvalue weighted by atomic mass is 19.1. The third-order valence-electron chi connectivity index (χ3n) is 2.41. The second-order valence-electron chi connectivity index (χ2n) is 3.84. The summed E-state index contributed by atoms with van der Waals surface area (Å²) in [7, 11) is 0. The van der Waals surface area contributed by atoms with Crippen LogP contribution in [0.5, 0.6) is 5.75 Å². The Balaban J connectivity index is 2.50. The van der Waals surface area contributed by atoms with Crippen LogP contribution < -0.4 is 10.1 Å². The Morgan fingerprint density at radius 1 is 1.33 bits per heavy atom. The van der Waals surface area contributed by atoms with E-state index in [9.17, 15) is 4.39 Å². The normalized spacial score (nSPS) is 9.83. The summed E-state index contributed by atoms with van der Waals surface area (Å²) in [4.78, 5) is 0. The summed E-state index contributed by atoms with van der Waals surface area (Å²) in [6.07, 6.45) is 7.79. The van der Waals surface area contributed by atoms with Gasteiger partial charge in [-0.05, 0) is 31.4 Å². The summed E-state index contributed by atoms with van der Waals surface area (Å²) in [6, 6.07) is 4.32. The van der Waals surface area contributed by atoms with E-state index in [1.807, 2.05) is 0 Å². The van der Waals surface area contributed by atoms with Crippen LogP contribution in [0.2, 0.25) is 0 Å². The summed E-state index contributed by atoms with van der Waals surface area (Å²) in [5.41, 5.74) is 0.732. The first-order valence-electron chi connectivity index (χ1n) is 5.98. The molecule has 98 valence electrons. The number of terminal acetylenes is 1. The van der Waals surface area contributed by atoms with Crippen LogP contribution in [0.4, 0.5) is 10.1 Å². The molecule has 0 fully saturated rings. The zero-order chi connectivity index (χ0) is 13.2. The average Bonchev–Trinajstić information content (AvgIpc) is 2.38. The fourth-order valence-electron chi connectivity index (χ4n) is 1.52. The fourth-order valence-corrected chi connectivity index (χ4v) is 1.52. The maximum absolute atomic E-state index is 13.1. The lowest BCUT2D eigenvalue weighted by Gasteiger charge is -2.12. The summed E-state index contributed by atoms with van der Waals surface area (Å²) >= 11 is 0. The molecule has 1 aromatic rings. The molecule has 0 atom stereocenters. The van der Waals surface area contributed by atoms with Gasteiger partial charge in [-0.15, -0.1) is 6.42 Å². The van der Waals surface area contributed by atoms with Gasteiger partial charge in [0, 0.05) is 19.2 Å². The van der Waals surface area contributed by atoms with Crippen molar-refractivity contribution in [3.05, 3.63) is 24.0 Å². The van der Waals surface area contributed by atoms with Crippen LogP contribution in [-0.2, 0) is 0 Å². The van der Waals surface area contributed by atoms with Crippen LogP contribution >= 0.6 is 0 Å². The standard InChI is InChI=1S/C14H18FNO2/c1-2-10-18-14-11-12(15)6-7-13(14)16-8-4-3-5-9-17/h1,6-7,11,16-17H,3-5,8-10H2. The number of hydrogen-bond acceptors (Lipinski definition) is 3. The Labute approximate surface area is 107 Å². The van der Waals surface area contributed by atoms with Crippen LogP contribution in [0, 0.1) is 18.2 Å². The Bertz CT molecular complexity index is 401. The number of hydrogen-bond donors (Lipinski definition) is 2. The molecule has 0 aromatic heterocycles. The number of rotatable bonds is 8. The summed E-state index contributed by atoms with van der Waals surface area (Å²) in [6.45, 7) is 1.08. The highest BCUT2D eigenvalue weighted by Gasteiger charge is 2.04. The monoisotopic (exact) mass is 251 g/mol. The molecule has 1 aromatic carbocycles. The molecule has 0 unspecified atom stereocenters. The third-order valence-corrected chi connectivity index (χ3v) is 2.41. The van der Waals surface area contributed by atoms with E-state index in [2.05, 4.69) is 11.2 Å². The SMILES string of the molecule is C#CCOc1cc(F)ccc1NCCCCCO. The number of unbranched alkanes of at least 4 members (excludes halogenated alkanes) is 2. The topological polar surface area (TPSA) is 41.5 Å². The first-order valence-corrected chi connectivity index (χ1v) is 5.98. The molecule has 1 rings (SSSR count). The van der Waals surface area contributed by atoms with Crippen molar-refractivity contribution >= 4 is 5.69 Å². The van der Waals surface area contributed by atoms with Gasteiger partial charge in [-0.2, -0.15) is 0 Å². The van der Waals surface area contributed by atoms with Gasteiger partial charge in [0.25, 0.3) is 0 Å². The second kappa shape index (κ2) is 8.37. The van der Waals surface area contributed by atoms with Crippen LogP contribution in [-0.4, -0.2) is 24.9 Å². The van der Waals surface area contributed by atoms with Crippen molar-refractivity contribution in [1.29, 1.82) is 0 Å². The van der Waals surface area contributed by atoms with Crippen LogP contribution in [0.25, 0.3) is 0 Å². The van der Waals surface area contributed by atoms with Crippen LogP contribution in [0.3, 0.4) is 0 Å². The van der Waals surface area contributed by atoms with Crippen LogP contribution in [0.1, 0.15) is 19.3 Å². The van der Waals surface area contributed by atoms with Crippen molar-refractivity contribution < 1.29 is 14.2 Å². The maximum Gasteiger partial charge on any atom is 0.148 e. The molecule has 0 amide bonds. The molecule has 0 aliphatic carbocycles. The van der Waals surface area contributed by atoms with E-state index >= 15 is 0 Å². The molecular weight excluding hydrogens is 233 g/mol. The molecule has 0 bridgehead atoms. The molecule has 18 heavy (non-hydrogen) atoms. The molecule has 0 saturated carbocycles. The molecule has 0 saturated heterocycles. The van der Waals surface area contributed by atoms with E-state index in [0.717, 1.165) is 31.5 Å². The van der Waals surface area contributed by atoms with E-state index in [0.29, 0.717) is 5.75 Å². The summed E-state index contributed by atoms with van der Waals surface area (Å²) in [5.74, 6) is 2.42. The highest BCUT2D eigenvalue weighted by molar-refractivity contribution is 5.56. The van der Waals surface area contributed by atoms with Crippen molar-refractivity contribution in [1.82, 2.24) is 0 Å². The van der Waals surface area contributed by atoms with Gasteiger partial charge >= 0.3 is 0 Å². The molecule has 0 radical (unpaired) electrons. The van der Waals surface area contributed by atoms with E-state index in [-0.39, 0.29) is 19.0 Å². The number of benzene rings is 1. The number of halogens is 1. The van der Waals surface area contributed by atoms with Gasteiger partial charge in [-0.25, -0.2) is 4.39 Å². The lowest BCUT2D eigenvalue weighted by Crippen LogP contribution is -2.05. The number of aliphatic hydroxyl groups is 1. The summed E-state index contributed by atoms with van der Waals surface area (Å²) < 4.78 is 18.3. The largest absolute Gasteiger partial charge is 0.479 e. The van der Waals surface area contributed by atoms with Crippen molar-refractivity contribution in [2.24, 2.45) is 0 Å². The number of ether oxygens (including phenoxy) is 1.